The van der Waals surface area contributed by atoms with Gasteiger partial charge in [-0.3, -0.25) is 6.23 Å². The lowest BCUT2D eigenvalue weighted by molar-refractivity contribution is 0.262. The number of hydrogen-bond donors (Lipinski definition) is 0. The number of nitrogens with zero attached hydrogens (tertiary/aromatic N) is 2. The molecule has 0 aliphatic carbocycles. The summed E-state index contributed by atoms with van der Waals surface area (Å²) in [5.74, 6) is 3.42. The largest absolute Gasteiger partial charge is 0.490 e. The Bertz CT molecular complexity index is 964. The van der Waals surface area contributed by atoms with Gasteiger partial charge < -0.3 is 23.4 Å². The van der Waals surface area contributed by atoms with E-state index in [1.54, 1.807) is 0 Å². The highest BCUT2D eigenvalue weighted by molar-refractivity contribution is 14.1. The van der Waals surface area contributed by atoms with Crippen molar-refractivity contribution in [2.24, 2.45) is 0 Å². The summed E-state index contributed by atoms with van der Waals surface area (Å²) >= 11 is 10.0. The van der Waals surface area contributed by atoms with E-state index in [2.05, 4.69) is 45.7 Å². The van der Waals surface area contributed by atoms with Gasteiger partial charge in [0.1, 0.15) is 11.4 Å². The van der Waals surface area contributed by atoms with Gasteiger partial charge in [0.15, 0.2) is 86.3 Å². The van der Waals surface area contributed by atoms with Gasteiger partial charge >= 0.3 is 0 Å². The maximum atomic E-state index is 6.09. The second-order valence-corrected chi connectivity index (χ2v) is 9.14. The van der Waals surface area contributed by atoms with Crippen LogP contribution in [0.3, 0.4) is 0 Å². The second-order valence-electron chi connectivity index (χ2n) is 5.89. The van der Waals surface area contributed by atoms with Crippen LogP contribution in [0.2, 0.25) is 0 Å². The van der Waals surface area contributed by atoms with Crippen molar-refractivity contribution in [1.29, 1.82) is 0 Å². The molecule has 2 aromatic rings. The lowest BCUT2D eigenvalue weighted by atomic mass is 10.1. The molecule has 0 N–H and O–H groups in total. The van der Waals surface area contributed by atoms with Crippen LogP contribution in [0.5, 0.6) is 34.5 Å². The number of anilines is 4. The smallest absolute Gasteiger partial charge is 0.221 e. The Morgan fingerprint density at radius 1 is 0.613 bits per heavy atom. The molecule has 0 spiro atoms. The van der Waals surface area contributed by atoms with Gasteiger partial charge in [0, 0.05) is 12.1 Å². The zero-order valence-corrected chi connectivity index (χ0v) is 27.3. The molecule has 0 bridgehead atoms. The molecule has 31 heavy (non-hydrogen) atoms. The van der Waals surface area contributed by atoms with Crippen LogP contribution >= 0.6 is 115 Å². The van der Waals surface area contributed by atoms with E-state index in [9.17, 15) is 0 Å². The Hall–Kier alpha value is 0.490. The van der Waals surface area contributed by atoms with Gasteiger partial charge in [-0.25, -0.2) is 0 Å². The van der Waals surface area contributed by atoms with Crippen LogP contribution < -0.4 is 29.6 Å². The van der Waals surface area contributed by atoms with Gasteiger partial charge in [-0.2, -0.15) is 0 Å². The molecule has 0 amide bonds. The first-order chi connectivity index (χ1) is 15.0. The third-order valence-electron chi connectivity index (χ3n) is 4.24. The van der Waals surface area contributed by atoms with Crippen LogP contribution in [0.15, 0.2) is 12.1 Å². The fourth-order valence-electron chi connectivity index (χ4n) is 3.13. The van der Waals surface area contributed by atoms with Crippen LogP contribution in [0.25, 0.3) is 0 Å². The van der Waals surface area contributed by atoms with Gasteiger partial charge in [0.25, 0.3) is 0 Å². The minimum atomic E-state index is 0.479. The molecule has 0 atom stereocenters. The normalized spacial score (nSPS) is 12.1. The van der Waals surface area contributed by atoms with Crippen molar-refractivity contribution in [3.05, 3.63) is 12.1 Å². The van der Waals surface area contributed by atoms with Crippen LogP contribution in [0.1, 0.15) is 20.8 Å². The van der Waals surface area contributed by atoms with Crippen molar-refractivity contribution >= 4 is 137 Å². The van der Waals surface area contributed by atoms with Crippen molar-refractivity contribution in [2.45, 2.75) is 20.8 Å². The summed E-state index contributed by atoms with van der Waals surface area (Å²) in [6, 6.07) is 3.86. The van der Waals surface area contributed by atoms with Crippen molar-refractivity contribution in [3.63, 3.8) is 0 Å². The zero-order chi connectivity index (χ0) is 22.7. The van der Waals surface area contributed by atoms with Gasteiger partial charge in [-0.1, -0.05) is 0 Å². The lowest BCUT2D eigenvalue weighted by Gasteiger charge is -2.36. The summed E-state index contributed by atoms with van der Waals surface area (Å²) in [6.07, 6.45) is 0. The van der Waals surface area contributed by atoms with E-state index in [4.69, 9.17) is 23.4 Å². The molecule has 0 unspecified atom stereocenters. The first-order valence-electron chi connectivity index (χ1n) is 9.06. The lowest BCUT2D eigenvalue weighted by Crippen LogP contribution is -2.19. The molecule has 2 aromatic carbocycles. The van der Waals surface area contributed by atoms with Crippen molar-refractivity contribution < 1.29 is 23.4 Å². The molecule has 0 saturated carbocycles. The van der Waals surface area contributed by atoms with E-state index in [1.165, 1.54) is 0 Å². The maximum absolute atomic E-state index is 6.09. The fraction of sp³-hybridized carbons (Fsp3) is 0.333. The maximum Gasteiger partial charge on any atom is 0.221 e. The Kier molecular flexibility index (Phi) is 9.90. The number of halogens is 5. The van der Waals surface area contributed by atoms with Gasteiger partial charge in [0.05, 0.1) is 76.9 Å². The molecule has 170 valence electrons. The summed E-state index contributed by atoms with van der Waals surface area (Å²) in [7, 11) is 0. The van der Waals surface area contributed by atoms with Crippen LogP contribution in [-0.2, 0) is 0 Å². The number of fused-ring (bicyclic) bond motifs is 2. The molecular weight excluding hydrogens is 975 g/mol. The number of ether oxygens (including phenoxy) is 3. The van der Waals surface area contributed by atoms with Gasteiger partial charge in [-0.05, 0) is 20.8 Å². The highest BCUT2D eigenvalue weighted by Crippen LogP contribution is 2.64. The molecule has 8 nitrogen and oxygen atoms in total. The predicted octanol–water partition coefficient (Wildman–Crippen LogP) is 8.36. The third-order valence-corrected chi connectivity index (χ3v) is 7.60. The summed E-state index contributed by atoms with van der Waals surface area (Å²) in [5.41, 5.74) is 3.38. The topological polar surface area (TPSA) is 61.9 Å². The number of rotatable bonds is 9. The molecule has 0 aromatic heterocycles. The Labute approximate surface area is 251 Å². The van der Waals surface area contributed by atoms with Gasteiger partial charge in [0.2, 0.25) is 17.2 Å². The van der Waals surface area contributed by atoms with Crippen LogP contribution in [-0.4, -0.2) is 19.8 Å². The summed E-state index contributed by atoms with van der Waals surface area (Å²) in [4.78, 5) is 0. The van der Waals surface area contributed by atoms with Crippen LogP contribution in [0.4, 0.5) is 22.7 Å². The fourth-order valence-corrected chi connectivity index (χ4v) is 5.95. The minimum absolute atomic E-state index is 0.479. The molecule has 1 aliphatic heterocycles. The molecule has 0 fully saturated rings. The number of hydrogen-bond acceptors (Lipinski definition) is 8. The zero-order valence-electron chi connectivity index (χ0n) is 16.5. The van der Waals surface area contributed by atoms with E-state index in [0.29, 0.717) is 54.3 Å². The number of benzene rings is 2. The van der Waals surface area contributed by atoms with E-state index in [0.717, 1.165) is 22.7 Å². The van der Waals surface area contributed by atoms with E-state index < -0.39 is 0 Å². The van der Waals surface area contributed by atoms with E-state index in [1.807, 2.05) is 108 Å². The standard InChI is InChI=1S/C18H17I5N2O6/c1-4-26-11-7-9-13(17(28-6-3)15(11)27-5-2)24(19)10-8-12(29-21)16(30-22)18(31-23)14(10)25(9)20/h7-8H,4-6H2,1-3H3. The summed E-state index contributed by atoms with van der Waals surface area (Å²) < 4.78 is 38.8. The van der Waals surface area contributed by atoms with Crippen molar-refractivity contribution in [3.8, 4) is 34.5 Å². The molecule has 1 heterocycles. The molecule has 13 heteroatoms. The Balaban J connectivity index is 2.36. The average Bonchev–Trinajstić information content (AvgIpc) is 2.77. The minimum Gasteiger partial charge on any atom is -0.490 e. The van der Waals surface area contributed by atoms with Crippen molar-refractivity contribution in [1.82, 2.24) is 0 Å². The second kappa shape index (κ2) is 11.8. The third kappa shape index (κ3) is 4.84. The first kappa shape index (κ1) is 26.1. The van der Waals surface area contributed by atoms with Crippen LogP contribution in [0, 0.1) is 0 Å². The molecule has 1 aliphatic rings. The molecule has 3 rings (SSSR count). The quantitative estimate of drug-likeness (QED) is 0.184. The Morgan fingerprint density at radius 3 is 1.58 bits per heavy atom. The molecular formula is C18H17I5N2O6. The SMILES string of the molecule is CCOc1cc2c(c(OCC)c1OCC)N(I)c1cc(OI)c(OI)c(OI)c1N2I. The molecule has 0 radical (unpaired) electrons. The summed E-state index contributed by atoms with van der Waals surface area (Å²) in [5, 5.41) is 0. The summed E-state index contributed by atoms with van der Waals surface area (Å²) in [6.45, 7) is 7.29. The van der Waals surface area contributed by atoms with Gasteiger partial charge in [-0.15, -0.1) is 0 Å². The van der Waals surface area contributed by atoms with E-state index >= 15 is 0 Å². The van der Waals surface area contributed by atoms with E-state index in [-0.39, 0.29) is 0 Å². The highest BCUT2D eigenvalue weighted by atomic mass is 127. The monoisotopic (exact) mass is 992 g/mol. The molecule has 0 saturated heterocycles. The van der Waals surface area contributed by atoms with Crippen molar-refractivity contribution in [2.75, 3.05) is 26.0 Å². The first-order valence-corrected chi connectivity index (χ1v) is 13.6. The average molecular weight is 992 g/mol. The predicted molar refractivity (Wildman–Crippen MR) is 163 cm³/mol. The highest BCUT2D eigenvalue weighted by Gasteiger charge is 2.38. The Morgan fingerprint density at radius 2 is 1.10 bits per heavy atom.